The predicted molar refractivity (Wildman–Crippen MR) is 107 cm³/mol. The Kier molecular flexibility index (Phi) is 7.13. The molecule has 12 nitrogen and oxygen atoms in total. The monoisotopic (exact) mass is 445 g/mol. The van der Waals surface area contributed by atoms with Gasteiger partial charge < -0.3 is 20.5 Å². The van der Waals surface area contributed by atoms with Gasteiger partial charge in [0, 0.05) is 19.2 Å². The standard InChI is InChI=1S/C20H23N5O7/c26-11-12(10-17(28)29)22-19(31)15-5-3-9-24-16(27)7-6-14(20(32)25(15)24)23-18(30)13-4-1-2-8-21-13/h1-2,4,8,11-12,14-15H,3,5-7,9-10H2,(H,22,31)(H,23,30)(H,28,29). The van der Waals surface area contributed by atoms with Gasteiger partial charge in [0.05, 0.1) is 12.5 Å². The summed E-state index contributed by atoms with van der Waals surface area (Å²) in [7, 11) is 0. The van der Waals surface area contributed by atoms with Crippen LogP contribution in [0.2, 0.25) is 0 Å². The fourth-order valence-electron chi connectivity index (χ4n) is 3.74. The molecule has 3 atom stereocenters. The Hall–Kier alpha value is -3.83. The second-order valence-electron chi connectivity index (χ2n) is 7.49. The summed E-state index contributed by atoms with van der Waals surface area (Å²) in [4.78, 5) is 77.2. The number of aliphatic carboxylic acids is 1. The molecule has 3 heterocycles. The third-order valence-electron chi connectivity index (χ3n) is 5.25. The SMILES string of the molecule is O=CC(CC(=O)O)NC(=O)C1CCCN2C(=O)CCC(NC(=O)c3ccccn3)C(=O)N12. The van der Waals surface area contributed by atoms with Gasteiger partial charge in [-0.3, -0.25) is 34.0 Å². The highest BCUT2D eigenvalue weighted by atomic mass is 16.4. The Morgan fingerprint density at radius 1 is 1.25 bits per heavy atom. The van der Waals surface area contributed by atoms with Gasteiger partial charge in [0.1, 0.15) is 24.1 Å². The second kappa shape index (κ2) is 9.98. The molecule has 0 aliphatic carbocycles. The molecule has 170 valence electrons. The average Bonchev–Trinajstić information content (AvgIpc) is 2.90. The number of nitrogens with zero attached hydrogens (tertiary/aromatic N) is 3. The van der Waals surface area contributed by atoms with Gasteiger partial charge in [0.15, 0.2) is 0 Å². The van der Waals surface area contributed by atoms with Gasteiger partial charge in [-0.05, 0) is 31.4 Å². The largest absolute Gasteiger partial charge is 0.481 e. The van der Waals surface area contributed by atoms with Crippen molar-refractivity contribution >= 4 is 35.9 Å². The molecule has 2 fully saturated rings. The third-order valence-corrected chi connectivity index (χ3v) is 5.25. The lowest BCUT2D eigenvalue weighted by Gasteiger charge is -2.43. The summed E-state index contributed by atoms with van der Waals surface area (Å²) in [6, 6.07) is 1.28. The molecule has 1 aromatic heterocycles. The van der Waals surface area contributed by atoms with Crippen molar-refractivity contribution in [3.05, 3.63) is 30.1 Å². The first-order valence-corrected chi connectivity index (χ1v) is 10.1. The molecule has 0 saturated carbocycles. The van der Waals surface area contributed by atoms with Gasteiger partial charge in [-0.1, -0.05) is 6.07 Å². The summed E-state index contributed by atoms with van der Waals surface area (Å²) in [6.45, 7) is 0.224. The number of carbonyl (C=O) groups is 6. The van der Waals surface area contributed by atoms with Crippen molar-refractivity contribution in [3.8, 4) is 0 Å². The molecule has 0 bridgehead atoms. The van der Waals surface area contributed by atoms with Crippen LogP contribution < -0.4 is 10.6 Å². The van der Waals surface area contributed by atoms with Crippen molar-refractivity contribution in [1.82, 2.24) is 25.6 Å². The van der Waals surface area contributed by atoms with E-state index in [-0.39, 0.29) is 37.4 Å². The van der Waals surface area contributed by atoms with Crippen LogP contribution in [0.4, 0.5) is 0 Å². The Labute approximate surface area is 182 Å². The zero-order valence-corrected chi connectivity index (χ0v) is 17.1. The lowest BCUT2D eigenvalue weighted by atomic mass is 10.0. The molecule has 2 aliphatic rings. The van der Waals surface area contributed by atoms with E-state index in [1.807, 2.05) is 0 Å². The highest BCUT2D eigenvalue weighted by Crippen LogP contribution is 2.25. The van der Waals surface area contributed by atoms with Crippen molar-refractivity contribution in [1.29, 1.82) is 0 Å². The van der Waals surface area contributed by atoms with Crippen LogP contribution in [0.3, 0.4) is 0 Å². The van der Waals surface area contributed by atoms with E-state index in [2.05, 4.69) is 15.6 Å². The number of amides is 4. The smallest absolute Gasteiger partial charge is 0.305 e. The maximum atomic E-state index is 13.3. The molecule has 3 unspecified atom stereocenters. The van der Waals surface area contributed by atoms with E-state index in [1.54, 1.807) is 12.1 Å². The minimum Gasteiger partial charge on any atom is -0.481 e. The quantitative estimate of drug-likeness (QED) is 0.443. The van der Waals surface area contributed by atoms with Crippen molar-refractivity contribution in [2.45, 2.75) is 50.2 Å². The maximum absolute atomic E-state index is 13.3. The van der Waals surface area contributed by atoms with Gasteiger partial charge in [-0.25, -0.2) is 5.01 Å². The molecule has 2 aliphatic heterocycles. The minimum atomic E-state index is -1.27. The summed E-state index contributed by atoms with van der Waals surface area (Å²) in [5, 5.41) is 16.0. The highest BCUT2D eigenvalue weighted by molar-refractivity contribution is 5.99. The molecule has 0 spiro atoms. The minimum absolute atomic E-state index is 0.0142. The normalized spacial score (nSPS) is 21.8. The summed E-state index contributed by atoms with van der Waals surface area (Å²) in [6.07, 6.45) is 1.80. The molecule has 3 N–H and O–H groups in total. The number of rotatable bonds is 7. The van der Waals surface area contributed by atoms with E-state index in [0.717, 1.165) is 5.01 Å². The molecule has 0 radical (unpaired) electrons. The Morgan fingerprint density at radius 2 is 2.03 bits per heavy atom. The van der Waals surface area contributed by atoms with Gasteiger partial charge in [0.25, 0.3) is 11.8 Å². The lowest BCUT2D eigenvalue weighted by molar-refractivity contribution is -0.176. The van der Waals surface area contributed by atoms with Gasteiger partial charge in [-0.15, -0.1) is 0 Å². The Bertz CT molecular complexity index is 922. The van der Waals surface area contributed by atoms with Crippen LogP contribution in [-0.2, 0) is 24.0 Å². The number of hydrogen-bond acceptors (Lipinski definition) is 7. The van der Waals surface area contributed by atoms with E-state index >= 15 is 0 Å². The van der Waals surface area contributed by atoms with Crippen LogP contribution >= 0.6 is 0 Å². The van der Waals surface area contributed by atoms with Crippen LogP contribution in [0.1, 0.15) is 42.6 Å². The number of fused-ring (bicyclic) bond motifs is 1. The zero-order valence-electron chi connectivity index (χ0n) is 17.1. The van der Waals surface area contributed by atoms with Crippen LogP contribution in [0.25, 0.3) is 0 Å². The molecule has 32 heavy (non-hydrogen) atoms. The molecule has 12 heteroatoms. The number of hydrogen-bond donors (Lipinski definition) is 3. The van der Waals surface area contributed by atoms with Crippen molar-refractivity contribution in [2.24, 2.45) is 0 Å². The molecule has 3 rings (SSSR count). The van der Waals surface area contributed by atoms with Gasteiger partial charge >= 0.3 is 5.97 Å². The number of carboxylic acid groups (broad SMARTS) is 1. The van der Waals surface area contributed by atoms with Gasteiger partial charge in [0.2, 0.25) is 11.8 Å². The van der Waals surface area contributed by atoms with Crippen LogP contribution in [0, 0.1) is 0 Å². The first-order chi connectivity index (χ1) is 15.3. The van der Waals surface area contributed by atoms with Crippen molar-refractivity contribution in [2.75, 3.05) is 6.54 Å². The fourth-order valence-corrected chi connectivity index (χ4v) is 3.74. The molecule has 0 aromatic carbocycles. The molecule has 1 aromatic rings. The van der Waals surface area contributed by atoms with Crippen molar-refractivity contribution in [3.63, 3.8) is 0 Å². The number of nitrogens with one attached hydrogen (secondary N) is 2. The van der Waals surface area contributed by atoms with E-state index in [9.17, 15) is 28.8 Å². The number of hydrazine groups is 1. The topological polar surface area (TPSA) is 166 Å². The molecular weight excluding hydrogens is 422 g/mol. The summed E-state index contributed by atoms with van der Waals surface area (Å²) >= 11 is 0. The molecule has 4 amide bonds. The van der Waals surface area contributed by atoms with E-state index in [4.69, 9.17) is 5.11 Å². The zero-order chi connectivity index (χ0) is 23.3. The summed E-state index contributed by atoms with van der Waals surface area (Å²) in [5.74, 6) is -3.62. The fraction of sp³-hybridized carbons (Fsp3) is 0.450. The number of carboxylic acids is 1. The number of aldehydes is 1. The van der Waals surface area contributed by atoms with Crippen LogP contribution in [0.5, 0.6) is 0 Å². The van der Waals surface area contributed by atoms with Crippen LogP contribution in [-0.4, -0.2) is 80.7 Å². The highest BCUT2D eigenvalue weighted by Gasteiger charge is 2.45. The molecule has 2 saturated heterocycles. The first-order valence-electron chi connectivity index (χ1n) is 10.1. The number of aromatic nitrogens is 1. The average molecular weight is 445 g/mol. The van der Waals surface area contributed by atoms with Crippen LogP contribution in [0.15, 0.2) is 24.4 Å². The number of carbonyl (C=O) groups excluding carboxylic acids is 5. The van der Waals surface area contributed by atoms with Crippen molar-refractivity contribution < 1.29 is 33.9 Å². The van der Waals surface area contributed by atoms with E-state index in [1.165, 1.54) is 17.3 Å². The predicted octanol–water partition coefficient (Wildman–Crippen LogP) is -1.13. The van der Waals surface area contributed by atoms with E-state index < -0.39 is 48.2 Å². The maximum Gasteiger partial charge on any atom is 0.305 e. The first kappa shape index (κ1) is 22.8. The lowest BCUT2D eigenvalue weighted by Crippen LogP contribution is -2.64. The van der Waals surface area contributed by atoms with Gasteiger partial charge in [-0.2, -0.15) is 0 Å². The summed E-state index contributed by atoms with van der Waals surface area (Å²) < 4.78 is 0. The Morgan fingerprint density at radius 3 is 2.69 bits per heavy atom. The number of pyridine rings is 1. The second-order valence-corrected chi connectivity index (χ2v) is 7.49. The molecular formula is C20H23N5O7. The summed E-state index contributed by atoms with van der Waals surface area (Å²) in [5.41, 5.74) is 0.100. The Balaban J connectivity index is 1.81. The third kappa shape index (κ3) is 5.07. The van der Waals surface area contributed by atoms with E-state index in [0.29, 0.717) is 12.7 Å².